The first kappa shape index (κ1) is 13.5. The number of ether oxygens (including phenoxy) is 2. The van der Waals surface area contributed by atoms with Crippen molar-refractivity contribution in [2.45, 2.75) is 0 Å². The first-order chi connectivity index (χ1) is 10.2. The van der Waals surface area contributed by atoms with E-state index in [2.05, 4.69) is 10.3 Å². The predicted molar refractivity (Wildman–Crippen MR) is 79.5 cm³/mol. The van der Waals surface area contributed by atoms with E-state index >= 15 is 0 Å². The summed E-state index contributed by atoms with van der Waals surface area (Å²) in [6.07, 6.45) is 3.10. The van der Waals surface area contributed by atoms with Crippen LogP contribution in [0.5, 0.6) is 11.5 Å². The number of nitrogens with one attached hydrogen (secondary N) is 1. The van der Waals surface area contributed by atoms with E-state index in [0.29, 0.717) is 22.5 Å². The number of amides is 1. The summed E-state index contributed by atoms with van der Waals surface area (Å²) in [6, 6.07) is 10.5. The maximum absolute atomic E-state index is 11.8. The number of aromatic nitrogens is 1. The summed E-state index contributed by atoms with van der Waals surface area (Å²) in [4.78, 5) is 15.8. The van der Waals surface area contributed by atoms with Crippen molar-refractivity contribution in [3.63, 3.8) is 0 Å². The van der Waals surface area contributed by atoms with Crippen LogP contribution in [-0.4, -0.2) is 17.7 Å². The van der Waals surface area contributed by atoms with Crippen molar-refractivity contribution in [1.29, 1.82) is 0 Å². The molecule has 0 unspecified atom stereocenters. The number of pyridine rings is 1. The highest BCUT2D eigenvalue weighted by atomic mass is 35.5. The molecule has 0 saturated carbocycles. The van der Waals surface area contributed by atoms with Crippen molar-refractivity contribution in [3.05, 3.63) is 53.2 Å². The van der Waals surface area contributed by atoms with Crippen LogP contribution in [0.3, 0.4) is 0 Å². The number of nitrogens with zero attached hydrogens (tertiary/aromatic N) is 1. The van der Waals surface area contributed by atoms with Crippen LogP contribution in [0.15, 0.2) is 42.5 Å². The summed E-state index contributed by atoms with van der Waals surface area (Å²) in [5.74, 6) is 1.50. The molecule has 0 atom stereocenters. The van der Waals surface area contributed by atoms with Crippen molar-refractivity contribution in [3.8, 4) is 11.5 Å². The normalized spacial score (nSPS) is 12.6. The molecule has 1 aromatic carbocycles. The molecule has 0 spiro atoms. The van der Waals surface area contributed by atoms with Gasteiger partial charge in [0.2, 0.25) is 12.7 Å². The predicted octanol–water partition coefficient (Wildman–Crippen LogP) is 3.12. The van der Waals surface area contributed by atoms with Gasteiger partial charge in [-0.1, -0.05) is 23.7 Å². The molecule has 0 fully saturated rings. The van der Waals surface area contributed by atoms with Crippen LogP contribution in [0.1, 0.15) is 5.56 Å². The molecule has 0 bridgehead atoms. The third-order valence-electron chi connectivity index (χ3n) is 2.79. The number of fused-ring (bicyclic) bond motifs is 1. The van der Waals surface area contributed by atoms with Gasteiger partial charge in [-0.25, -0.2) is 4.98 Å². The molecule has 0 saturated heterocycles. The van der Waals surface area contributed by atoms with Crippen LogP contribution in [0.2, 0.25) is 5.15 Å². The molecule has 1 aliphatic rings. The van der Waals surface area contributed by atoms with E-state index < -0.39 is 0 Å². The summed E-state index contributed by atoms with van der Waals surface area (Å²) in [5, 5.41) is 2.95. The second kappa shape index (κ2) is 5.85. The number of carbonyl (C=O) groups excluding carboxylic acids is 1. The van der Waals surface area contributed by atoms with E-state index in [1.807, 2.05) is 12.1 Å². The van der Waals surface area contributed by atoms with Crippen LogP contribution >= 0.6 is 11.6 Å². The van der Waals surface area contributed by atoms with Crippen molar-refractivity contribution in [1.82, 2.24) is 4.98 Å². The summed E-state index contributed by atoms with van der Waals surface area (Å²) >= 11 is 5.75. The first-order valence-electron chi connectivity index (χ1n) is 6.22. The molecule has 0 radical (unpaired) electrons. The van der Waals surface area contributed by atoms with Crippen molar-refractivity contribution in [2.24, 2.45) is 0 Å². The largest absolute Gasteiger partial charge is 0.454 e. The molecule has 0 aliphatic carbocycles. The Morgan fingerprint density at radius 3 is 2.95 bits per heavy atom. The molecule has 2 heterocycles. The number of hydrogen-bond donors (Lipinski definition) is 1. The molecule has 1 aromatic heterocycles. The fraction of sp³-hybridized carbons (Fsp3) is 0.0667. The first-order valence-corrected chi connectivity index (χ1v) is 6.60. The van der Waals surface area contributed by atoms with Gasteiger partial charge in [-0.15, -0.1) is 0 Å². The molecule has 6 heteroatoms. The number of halogens is 1. The Kier molecular flexibility index (Phi) is 3.75. The summed E-state index contributed by atoms with van der Waals surface area (Å²) in [5.41, 5.74) is 0.841. The lowest BCUT2D eigenvalue weighted by atomic mass is 10.2. The van der Waals surface area contributed by atoms with Crippen LogP contribution in [0, 0.1) is 0 Å². The van der Waals surface area contributed by atoms with Crippen LogP contribution in [-0.2, 0) is 4.79 Å². The van der Waals surface area contributed by atoms with Crippen LogP contribution < -0.4 is 14.8 Å². The van der Waals surface area contributed by atoms with E-state index in [9.17, 15) is 4.79 Å². The third kappa shape index (κ3) is 3.32. The van der Waals surface area contributed by atoms with Gasteiger partial charge in [0.15, 0.2) is 11.5 Å². The highest BCUT2D eigenvalue weighted by Crippen LogP contribution is 2.32. The Morgan fingerprint density at radius 2 is 2.10 bits per heavy atom. The van der Waals surface area contributed by atoms with E-state index in [0.717, 1.165) is 5.56 Å². The Hall–Kier alpha value is -2.53. The SMILES string of the molecule is O=C(/C=C/c1ccc2c(c1)OCO2)Nc1cccc(Cl)n1. The Balaban J connectivity index is 1.67. The summed E-state index contributed by atoms with van der Waals surface area (Å²) in [6.45, 7) is 0.226. The highest BCUT2D eigenvalue weighted by Gasteiger charge is 2.12. The lowest BCUT2D eigenvalue weighted by Crippen LogP contribution is -2.08. The van der Waals surface area contributed by atoms with Crippen LogP contribution in [0.4, 0.5) is 5.82 Å². The second-order valence-corrected chi connectivity index (χ2v) is 4.67. The van der Waals surface area contributed by atoms with E-state index in [1.54, 1.807) is 30.3 Å². The molecule has 2 aromatic rings. The molecule has 21 heavy (non-hydrogen) atoms. The zero-order valence-corrected chi connectivity index (χ0v) is 11.6. The Bertz CT molecular complexity index is 716. The molecule has 3 rings (SSSR count). The molecular formula is C15H11ClN2O3. The van der Waals surface area contributed by atoms with E-state index in [4.69, 9.17) is 21.1 Å². The lowest BCUT2D eigenvalue weighted by molar-refractivity contribution is -0.111. The van der Waals surface area contributed by atoms with Crippen molar-refractivity contribution < 1.29 is 14.3 Å². The minimum atomic E-state index is -0.289. The van der Waals surface area contributed by atoms with Gasteiger partial charge in [0.1, 0.15) is 11.0 Å². The minimum absolute atomic E-state index is 0.226. The number of anilines is 1. The van der Waals surface area contributed by atoms with Gasteiger partial charge in [-0.3, -0.25) is 4.79 Å². The van der Waals surface area contributed by atoms with Gasteiger partial charge < -0.3 is 14.8 Å². The molecule has 1 N–H and O–H groups in total. The number of benzene rings is 1. The minimum Gasteiger partial charge on any atom is -0.454 e. The van der Waals surface area contributed by atoms with Gasteiger partial charge in [-0.2, -0.15) is 0 Å². The molecule has 1 aliphatic heterocycles. The van der Waals surface area contributed by atoms with Crippen LogP contribution in [0.25, 0.3) is 6.08 Å². The third-order valence-corrected chi connectivity index (χ3v) is 3.00. The van der Waals surface area contributed by atoms with Gasteiger partial charge >= 0.3 is 0 Å². The summed E-state index contributed by atoms with van der Waals surface area (Å²) in [7, 11) is 0. The smallest absolute Gasteiger partial charge is 0.249 e. The van der Waals surface area contributed by atoms with Gasteiger partial charge in [-0.05, 0) is 35.9 Å². The zero-order valence-electron chi connectivity index (χ0n) is 10.9. The van der Waals surface area contributed by atoms with Crippen molar-refractivity contribution in [2.75, 3.05) is 12.1 Å². The van der Waals surface area contributed by atoms with Gasteiger partial charge in [0, 0.05) is 6.08 Å². The van der Waals surface area contributed by atoms with Crippen molar-refractivity contribution >= 4 is 29.4 Å². The number of hydrogen-bond acceptors (Lipinski definition) is 4. The molecule has 106 valence electrons. The maximum Gasteiger partial charge on any atom is 0.249 e. The lowest BCUT2D eigenvalue weighted by Gasteiger charge is -2.01. The molecule has 5 nitrogen and oxygen atoms in total. The fourth-order valence-corrected chi connectivity index (χ4v) is 2.00. The van der Waals surface area contributed by atoms with E-state index in [-0.39, 0.29) is 12.7 Å². The molecular weight excluding hydrogens is 292 g/mol. The Morgan fingerprint density at radius 1 is 1.24 bits per heavy atom. The quantitative estimate of drug-likeness (QED) is 0.699. The zero-order chi connectivity index (χ0) is 14.7. The standard InChI is InChI=1S/C15H11ClN2O3/c16-13-2-1-3-14(17-13)18-15(19)7-5-10-4-6-11-12(8-10)21-9-20-11/h1-8H,9H2,(H,17,18,19)/b7-5+. The monoisotopic (exact) mass is 302 g/mol. The fourth-order valence-electron chi connectivity index (χ4n) is 1.83. The average Bonchev–Trinajstić information content (AvgIpc) is 2.92. The topological polar surface area (TPSA) is 60.5 Å². The number of rotatable bonds is 3. The van der Waals surface area contributed by atoms with Gasteiger partial charge in [0.25, 0.3) is 0 Å². The maximum atomic E-state index is 11.8. The summed E-state index contributed by atoms with van der Waals surface area (Å²) < 4.78 is 10.5. The van der Waals surface area contributed by atoms with E-state index in [1.165, 1.54) is 6.08 Å². The Labute approximate surface area is 126 Å². The molecule has 1 amide bonds. The van der Waals surface area contributed by atoms with Gasteiger partial charge in [0.05, 0.1) is 0 Å². The second-order valence-electron chi connectivity index (χ2n) is 4.28. The number of carbonyl (C=O) groups is 1. The highest BCUT2D eigenvalue weighted by molar-refractivity contribution is 6.29. The average molecular weight is 303 g/mol.